The number of nitrogens with zero attached hydrogens (tertiary/aromatic N) is 2. The molecule has 0 saturated carbocycles. The van der Waals surface area contributed by atoms with Crippen LogP contribution >= 0.6 is 11.6 Å². The number of hydrogen-bond donors (Lipinski definition) is 1. The van der Waals surface area contributed by atoms with Gasteiger partial charge in [0.15, 0.2) is 0 Å². The fourth-order valence-corrected chi connectivity index (χ4v) is 2.64. The minimum absolute atomic E-state index is 0.0604. The molecule has 114 valence electrons. The monoisotopic (exact) mass is 308 g/mol. The summed E-state index contributed by atoms with van der Waals surface area (Å²) in [6.07, 6.45) is 4.88. The summed E-state index contributed by atoms with van der Waals surface area (Å²) >= 11 is 5.94. The van der Waals surface area contributed by atoms with Crippen molar-refractivity contribution >= 4 is 23.4 Å². The van der Waals surface area contributed by atoms with Crippen molar-refractivity contribution in [2.24, 2.45) is 4.99 Å². The highest BCUT2D eigenvalue weighted by atomic mass is 35.5. The summed E-state index contributed by atoms with van der Waals surface area (Å²) in [5.41, 5.74) is 1.01. The standard InChI is InChI=1S/C16H21ClN2O2/c17-14-7-5-13(6-8-14)16(18-10-9-15(20)21)19-11-3-1-2-4-12-19/h5-8H,1-4,9-12H2,(H,20,21). The molecule has 1 aromatic rings. The quantitative estimate of drug-likeness (QED) is 0.685. The molecule has 0 radical (unpaired) electrons. The summed E-state index contributed by atoms with van der Waals surface area (Å²) in [6, 6.07) is 7.60. The van der Waals surface area contributed by atoms with Crippen molar-refractivity contribution in [1.82, 2.24) is 4.90 Å². The van der Waals surface area contributed by atoms with Gasteiger partial charge in [0.05, 0.1) is 13.0 Å². The average molecular weight is 309 g/mol. The number of amidine groups is 1. The highest BCUT2D eigenvalue weighted by Gasteiger charge is 2.15. The first-order chi connectivity index (χ1) is 10.2. The van der Waals surface area contributed by atoms with Gasteiger partial charge in [-0.3, -0.25) is 9.79 Å². The molecule has 1 heterocycles. The van der Waals surface area contributed by atoms with Crippen LogP contribution in [0.1, 0.15) is 37.7 Å². The summed E-state index contributed by atoms with van der Waals surface area (Å²) in [5, 5.41) is 9.48. The fraction of sp³-hybridized carbons (Fsp3) is 0.500. The van der Waals surface area contributed by atoms with Gasteiger partial charge in [-0.15, -0.1) is 0 Å². The molecule has 4 nitrogen and oxygen atoms in total. The highest BCUT2D eigenvalue weighted by molar-refractivity contribution is 6.30. The number of carboxylic acids is 1. The van der Waals surface area contributed by atoms with E-state index in [1.165, 1.54) is 12.8 Å². The maximum atomic E-state index is 10.7. The van der Waals surface area contributed by atoms with Crippen LogP contribution in [0.3, 0.4) is 0 Å². The van der Waals surface area contributed by atoms with Crippen LogP contribution in [-0.2, 0) is 4.79 Å². The molecule has 5 heteroatoms. The molecular formula is C16H21ClN2O2. The average Bonchev–Trinajstić information content (AvgIpc) is 2.73. The Morgan fingerprint density at radius 1 is 1.14 bits per heavy atom. The predicted octanol–water partition coefficient (Wildman–Crippen LogP) is 3.44. The molecule has 0 bridgehead atoms. The van der Waals surface area contributed by atoms with Crippen LogP contribution in [-0.4, -0.2) is 41.4 Å². The lowest BCUT2D eigenvalue weighted by molar-refractivity contribution is -0.136. The number of rotatable bonds is 4. The number of benzene rings is 1. The summed E-state index contributed by atoms with van der Waals surface area (Å²) < 4.78 is 0. The number of carboxylic acid groups (broad SMARTS) is 1. The second-order valence-electron chi connectivity index (χ2n) is 5.26. The number of likely N-dealkylation sites (tertiary alicyclic amines) is 1. The second-order valence-corrected chi connectivity index (χ2v) is 5.69. The van der Waals surface area contributed by atoms with E-state index in [0.29, 0.717) is 11.6 Å². The van der Waals surface area contributed by atoms with Crippen molar-refractivity contribution in [2.45, 2.75) is 32.1 Å². The molecule has 0 amide bonds. The van der Waals surface area contributed by atoms with Crippen LogP contribution in [0.15, 0.2) is 29.3 Å². The maximum absolute atomic E-state index is 10.7. The van der Waals surface area contributed by atoms with Gasteiger partial charge in [0.25, 0.3) is 0 Å². The van der Waals surface area contributed by atoms with Gasteiger partial charge < -0.3 is 10.0 Å². The summed E-state index contributed by atoms with van der Waals surface area (Å²) in [7, 11) is 0. The first-order valence-electron chi connectivity index (χ1n) is 7.44. The number of hydrogen-bond acceptors (Lipinski definition) is 2. The van der Waals surface area contributed by atoms with Gasteiger partial charge in [0.2, 0.25) is 0 Å². The Balaban J connectivity index is 2.19. The molecule has 1 fully saturated rings. The smallest absolute Gasteiger partial charge is 0.305 e. The number of aliphatic imine (C=N–C) groups is 1. The molecule has 0 aromatic heterocycles. The molecular weight excluding hydrogens is 288 g/mol. The lowest BCUT2D eigenvalue weighted by Crippen LogP contribution is -2.33. The van der Waals surface area contributed by atoms with Crippen LogP contribution in [0.2, 0.25) is 5.02 Å². The van der Waals surface area contributed by atoms with Crippen LogP contribution in [0.5, 0.6) is 0 Å². The van der Waals surface area contributed by atoms with E-state index in [2.05, 4.69) is 9.89 Å². The van der Waals surface area contributed by atoms with Crippen molar-refractivity contribution in [3.63, 3.8) is 0 Å². The van der Waals surface area contributed by atoms with Crippen molar-refractivity contribution in [3.8, 4) is 0 Å². The van der Waals surface area contributed by atoms with E-state index >= 15 is 0 Å². The minimum Gasteiger partial charge on any atom is -0.481 e. The first-order valence-corrected chi connectivity index (χ1v) is 7.82. The Labute approximate surface area is 130 Å². The molecule has 0 aliphatic carbocycles. The van der Waals surface area contributed by atoms with Gasteiger partial charge in [-0.25, -0.2) is 0 Å². The Kier molecular flexibility index (Phi) is 6.05. The first kappa shape index (κ1) is 15.8. The molecule has 0 unspecified atom stereocenters. The van der Waals surface area contributed by atoms with Gasteiger partial charge in [-0.1, -0.05) is 24.4 Å². The van der Waals surface area contributed by atoms with Crippen LogP contribution in [0, 0.1) is 0 Å². The van der Waals surface area contributed by atoms with Crippen LogP contribution in [0.25, 0.3) is 0 Å². The van der Waals surface area contributed by atoms with Gasteiger partial charge in [-0.2, -0.15) is 0 Å². The SMILES string of the molecule is O=C(O)CCN=C(c1ccc(Cl)cc1)N1CCCCCC1. The van der Waals surface area contributed by atoms with Gasteiger partial charge in [0, 0.05) is 23.7 Å². The number of halogens is 1. The zero-order chi connectivity index (χ0) is 15.1. The number of carbonyl (C=O) groups is 1. The van der Waals surface area contributed by atoms with Crippen molar-refractivity contribution in [3.05, 3.63) is 34.9 Å². The number of aliphatic carboxylic acids is 1. The third-order valence-electron chi connectivity index (χ3n) is 3.60. The Hall–Kier alpha value is -1.55. The summed E-state index contributed by atoms with van der Waals surface area (Å²) in [6.45, 7) is 2.27. The topological polar surface area (TPSA) is 52.9 Å². The Morgan fingerprint density at radius 3 is 2.33 bits per heavy atom. The molecule has 0 spiro atoms. The van der Waals surface area contributed by atoms with Crippen LogP contribution < -0.4 is 0 Å². The van der Waals surface area contributed by atoms with Crippen LogP contribution in [0.4, 0.5) is 0 Å². The Bertz CT molecular complexity index is 492. The van der Waals surface area contributed by atoms with Gasteiger partial charge in [-0.05, 0) is 37.1 Å². The second kappa shape index (κ2) is 8.03. The predicted molar refractivity (Wildman–Crippen MR) is 85.1 cm³/mol. The zero-order valence-corrected chi connectivity index (χ0v) is 12.9. The molecule has 1 aromatic carbocycles. The highest BCUT2D eigenvalue weighted by Crippen LogP contribution is 2.16. The lowest BCUT2D eigenvalue weighted by atomic mass is 10.2. The summed E-state index contributed by atoms with van der Waals surface area (Å²) in [4.78, 5) is 17.5. The van der Waals surface area contributed by atoms with E-state index < -0.39 is 5.97 Å². The molecule has 0 atom stereocenters. The molecule has 1 saturated heterocycles. The van der Waals surface area contributed by atoms with Crippen molar-refractivity contribution in [1.29, 1.82) is 0 Å². The van der Waals surface area contributed by atoms with E-state index in [4.69, 9.17) is 16.7 Å². The largest absolute Gasteiger partial charge is 0.481 e. The molecule has 1 aliphatic heterocycles. The third-order valence-corrected chi connectivity index (χ3v) is 3.85. The van der Waals surface area contributed by atoms with E-state index in [0.717, 1.165) is 37.3 Å². The van der Waals surface area contributed by atoms with Gasteiger partial charge in [0.1, 0.15) is 5.84 Å². The zero-order valence-electron chi connectivity index (χ0n) is 12.1. The maximum Gasteiger partial charge on any atom is 0.305 e. The summed E-state index contributed by atoms with van der Waals surface area (Å²) in [5.74, 6) is 0.0832. The van der Waals surface area contributed by atoms with E-state index in [1.807, 2.05) is 24.3 Å². The van der Waals surface area contributed by atoms with Crippen molar-refractivity contribution < 1.29 is 9.90 Å². The van der Waals surface area contributed by atoms with E-state index in [9.17, 15) is 4.79 Å². The molecule has 1 aliphatic rings. The third kappa shape index (κ3) is 5.05. The Morgan fingerprint density at radius 2 is 1.76 bits per heavy atom. The molecule has 1 N–H and O–H groups in total. The minimum atomic E-state index is -0.815. The molecule has 2 rings (SSSR count). The van der Waals surface area contributed by atoms with E-state index in [-0.39, 0.29) is 6.42 Å². The normalized spacial score (nSPS) is 16.6. The fourth-order valence-electron chi connectivity index (χ4n) is 2.51. The molecule has 21 heavy (non-hydrogen) atoms. The lowest BCUT2D eigenvalue weighted by Gasteiger charge is -2.25. The van der Waals surface area contributed by atoms with Crippen molar-refractivity contribution in [2.75, 3.05) is 19.6 Å². The van der Waals surface area contributed by atoms with Gasteiger partial charge >= 0.3 is 5.97 Å². The van der Waals surface area contributed by atoms with E-state index in [1.54, 1.807) is 0 Å².